The minimum atomic E-state index is -0.000284. The zero-order valence-corrected chi connectivity index (χ0v) is 10.1. The van der Waals surface area contributed by atoms with Crippen molar-refractivity contribution in [2.24, 2.45) is 0 Å². The minimum Gasteiger partial charge on any atom is -0.385 e. The summed E-state index contributed by atoms with van der Waals surface area (Å²) in [6.07, 6.45) is 4.25. The monoisotopic (exact) mass is 241 g/mol. The van der Waals surface area contributed by atoms with Crippen LogP contribution in [0.1, 0.15) is 6.42 Å². The zero-order valence-electron chi connectivity index (χ0n) is 10.1. The van der Waals surface area contributed by atoms with Gasteiger partial charge in [0, 0.05) is 33.0 Å². The third-order valence-electron chi connectivity index (χ3n) is 2.12. The van der Waals surface area contributed by atoms with Crippen LogP contribution in [0.15, 0.2) is 12.4 Å². The fraction of sp³-hybridized carbons (Fsp3) is 0.700. The first-order chi connectivity index (χ1) is 8.33. The van der Waals surface area contributed by atoms with Gasteiger partial charge in [0.15, 0.2) is 0 Å². The molecule has 0 aliphatic heterocycles. The molecule has 0 saturated carbocycles. The van der Waals surface area contributed by atoms with E-state index in [0.29, 0.717) is 32.8 Å². The van der Waals surface area contributed by atoms with E-state index in [1.165, 1.54) is 0 Å². The molecule has 0 aliphatic carbocycles. The molecule has 0 aromatic carbocycles. The second-order valence-electron chi connectivity index (χ2n) is 3.54. The SMILES string of the molecule is COCCCNC(=O)CNCCn1ccnn1. The van der Waals surface area contributed by atoms with Gasteiger partial charge in [-0.15, -0.1) is 5.10 Å². The Morgan fingerprint density at radius 1 is 1.47 bits per heavy atom. The lowest BCUT2D eigenvalue weighted by atomic mass is 10.4. The Bertz CT molecular complexity index is 302. The second-order valence-corrected chi connectivity index (χ2v) is 3.54. The molecule has 1 aromatic rings. The molecule has 0 saturated heterocycles. The predicted octanol–water partition coefficient (Wildman–Crippen LogP) is -0.980. The summed E-state index contributed by atoms with van der Waals surface area (Å²) in [5.41, 5.74) is 0. The molecule has 0 bridgehead atoms. The van der Waals surface area contributed by atoms with Crippen molar-refractivity contribution in [3.05, 3.63) is 12.4 Å². The van der Waals surface area contributed by atoms with Crippen LogP contribution in [0, 0.1) is 0 Å². The van der Waals surface area contributed by atoms with Crippen LogP contribution in [0.25, 0.3) is 0 Å². The maximum Gasteiger partial charge on any atom is 0.233 e. The fourth-order valence-electron chi connectivity index (χ4n) is 1.25. The summed E-state index contributed by atoms with van der Waals surface area (Å²) >= 11 is 0. The molecule has 0 unspecified atom stereocenters. The number of rotatable bonds is 9. The average molecular weight is 241 g/mol. The first-order valence-corrected chi connectivity index (χ1v) is 5.63. The van der Waals surface area contributed by atoms with Crippen LogP contribution in [-0.2, 0) is 16.1 Å². The van der Waals surface area contributed by atoms with E-state index < -0.39 is 0 Å². The van der Waals surface area contributed by atoms with Gasteiger partial charge < -0.3 is 15.4 Å². The Morgan fingerprint density at radius 2 is 2.35 bits per heavy atom. The van der Waals surface area contributed by atoms with Crippen molar-refractivity contribution in [3.63, 3.8) is 0 Å². The molecule has 2 N–H and O–H groups in total. The van der Waals surface area contributed by atoms with Gasteiger partial charge >= 0.3 is 0 Å². The maximum absolute atomic E-state index is 11.3. The van der Waals surface area contributed by atoms with Gasteiger partial charge in [-0.3, -0.25) is 9.48 Å². The minimum absolute atomic E-state index is 0.000284. The van der Waals surface area contributed by atoms with E-state index in [9.17, 15) is 4.79 Å². The number of methoxy groups -OCH3 is 1. The largest absolute Gasteiger partial charge is 0.385 e. The third-order valence-corrected chi connectivity index (χ3v) is 2.12. The van der Waals surface area contributed by atoms with Crippen molar-refractivity contribution in [2.45, 2.75) is 13.0 Å². The van der Waals surface area contributed by atoms with Crippen molar-refractivity contribution in [1.82, 2.24) is 25.6 Å². The number of carbonyl (C=O) groups excluding carboxylic acids is 1. The summed E-state index contributed by atoms with van der Waals surface area (Å²) in [5.74, 6) is -0.000284. The molecule has 7 nitrogen and oxygen atoms in total. The molecule has 0 spiro atoms. The molecule has 1 rings (SSSR count). The lowest BCUT2D eigenvalue weighted by molar-refractivity contribution is -0.120. The van der Waals surface area contributed by atoms with E-state index in [2.05, 4.69) is 20.9 Å². The van der Waals surface area contributed by atoms with Crippen LogP contribution in [0.2, 0.25) is 0 Å². The normalized spacial score (nSPS) is 10.4. The Hall–Kier alpha value is -1.47. The Morgan fingerprint density at radius 3 is 3.06 bits per heavy atom. The van der Waals surface area contributed by atoms with Crippen molar-refractivity contribution in [2.75, 3.05) is 33.4 Å². The van der Waals surface area contributed by atoms with Gasteiger partial charge in [-0.25, -0.2) is 0 Å². The topological polar surface area (TPSA) is 81.1 Å². The van der Waals surface area contributed by atoms with Crippen molar-refractivity contribution in [3.8, 4) is 0 Å². The van der Waals surface area contributed by atoms with Gasteiger partial charge in [-0.05, 0) is 6.42 Å². The van der Waals surface area contributed by atoms with E-state index in [1.807, 2.05) is 0 Å². The summed E-state index contributed by atoms with van der Waals surface area (Å²) in [4.78, 5) is 11.3. The van der Waals surface area contributed by atoms with Gasteiger partial charge in [0.2, 0.25) is 5.91 Å². The molecule has 0 atom stereocenters. The summed E-state index contributed by atoms with van der Waals surface area (Å²) in [6.45, 7) is 3.03. The highest BCUT2D eigenvalue weighted by atomic mass is 16.5. The number of nitrogens with zero attached hydrogens (tertiary/aromatic N) is 3. The molecular weight excluding hydrogens is 222 g/mol. The van der Waals surface area contributed by atoms with Gasteiger partial charge in [0.05, 0.1) is 19.3 Å². The summed E-state index contributed by atoms with van der Waals surface area (Å²) in [5, 5.41) is 13.3. The molecule has 1 heterocycles. The van der Waals surface area contributed by atoms with E-state index in [4.69, 9.17) is 4.74 Å². The fourth-order valence-corrected chi connectivity index (χ4v) is 1.25. The number of nitrogens with one attached hydrogen (secondary N) is 2. The van der Waals surface area contributed by atoms with Gasteiger partial charge in [0.25, 0.3) is 0 Å². The zero-order chi connectivity index (χ0) is 12.3. The van der Waals surface area contributed by atoms with Crippen molar-refractivity contribution in [1.29, 1.82) is 0 Å². The van der Waals surface area contributed by atoms with Crippen LogP contribution in [-0.4, -0.2) is 54.3 Å². The van der Waals surface area contributed by atoms with E-state index in [1.54, 1.807) is 24.2 Å². The number of carbonyl (C=O) groups is 1. The van der Waals surface area contributed by atoms with Crippen LogP contribution in [0.3, 0.4) is 0 Å². The highest BCUT2D eigenvalue weighted by Gasteiger charge is 1.99. The number of ether oxygens (including phenoxy) is 1. The van der Waals surface area contributed by atoms with Gasteiger partial charge in [0.1, 0.15) is 0 Å². The lowest BCUT2D eigenvalue weighted by Gasteiger charge is -2.06. The molecule has 1 aromatic heterocycles. The molecule has 96 valence electrons. The Kier molecular flexibility index (Phi) is 6.92. The molecule has 0 aliphatic rings. The lowest BCUT2D eigenvalue weighted by Crippen LogP contribution is -2.35. The standard InChI is InChI=1S/C10H19N5O2/c1-17-8-2-3-12-10(16)9-11-4-6-15-7-5-13-14-15/h5,7,11H,2-4,6,8-9H2,1H3,(H,12,16). The van der Waals surface area contributed by atoms with Crippen LogP contribution < -0.4 is 10.6 Å². The summed E-state index contributed by atoms with van der Waals surface area (Å²) in [7, 11) is 1.65. The van der Waals surface area contributed by atoms with Crippen molar-refractivity contribution >= 4 is 5.91 Å². The van der Waals surface area contributed by atoms with Crippen LogP contribution in [0.4, 0.5) is 0 Å². The van der Waals surface area contributed by atoms with Crippen molar-refractivity contribution < 1.29 is 9.53 Å². The number of hydrogen-bond donors (Lipinski definition) is 2. The quantitative estimate of drug-likeness (QED) is 0.543. The second kappa shape index (κ2) is 8.66. The molecule has 1 amide bonds. The number of amides is 1. The van der Waals surface area contributed by atoms with E-state index >= 15 is 0 Å². The number of aromatic nitrogens is 3. The van der Waals surface area contributed by atoms with E-state index in [0.717, 1.165) is 6.42 Å². The smallest absolute Gasteiger partial charge is 0.233 e. The maximum atomic E-state index is 11.3. The summed E-state index contributed by atoms with van der Waals surface area (Å²) < 4.78 is 6.59. The highest BCUT2D eigenvalue weighted by molar-refractivity contribution is 5.77. The Labute approximate surface area is 101 Å². The van der Waals surface area contributed by atoms with Gasteiger partial charge in [-0.2, -0.15) is 0 Å². The highest BCUT2D eigenvalue weighted by Crippen LogP contribution is 1.79. The molecule has 17 heavy (non-hydrogen) atoms. The number of hydrogen-bond acceptors (Lipinski definition) is 5. The van der Waals surface area contributed by atoms with Crippen LogP contribution >= 0.6 is 0 Å². The predicted molar refractivity (Wildman–Crippen MR) is 62.4 cm³/mol. The first kappa shape index (κ1) is 13.6. The first-order valence-electron chi connectivity index (χ1n) is 5.63. The van der Waals surface area contributed by atoms with Crippen LogP contribution in [0.5, 0.6) is 0 Å². The molecular formula is C10H19N5O2. The van der Waals surface area contributed by atoms with E-state index in [-0.39, 0.29) is 5.91 Å². The Balaban J connectivity index is 1.93. The molecule has 0 radical (unpaired) electrons. The molecule has 0 fully saturated rings. The summed E-state index contributed by atoms with van der Waals surface area (Å²) in [6, 6.07) is 0. The third kappa shape index (κ3) is 6.64. The van der Waals surface area contributed by atoms with Gasteiger partial charge in [-0.1, -0.05) is 5.21 Å². The average Bonchev–Trinajstić information content (AvgIpc) is 2.83. The molecule has 7 heteroatoms.